The molecule has 0 spiro atoms. The molecule has 1 saturated heterocycles. The van der Waals surface area contributed by atoms with Gasteiger partial charge in [-0.05, 0) is 67.5 Å². The van der Waals surface area contributed by atoms with Gasteiger partial charge in [0.25, 0.3) is 5.91 Å². The summed E-state index contributed by atoms with van der Waals surface area (Å²) in [4.78, 5) is 52.4. The zero-order valence-corrected chi connectivity index (χ0v) is 20.7. The van der Waals surface area contributed by atoms with Crippen molar-refractivity contribution in [3.05, 3.63) is 59.2 Å². The van der Waals surface area contributed by atoms with E-state index in [-0.39, 0.29) is 40.0 Å². The van der Waals surface area contributed by atoms with Gasteiger partial charge in [-0.2, -0.15) is 0 Å². The van der Waals surface area contributed by atoms with Crippen molar-refractivity contribution >= 4 is 58.3 Å². The van der Waals surface area contributed by atoms with E-state index in [4.69, 9.17) is 27.9 Å². The number of alkyl halides is 2. The number of fused-ring (bicyclic) bond motifs is 5. The smallest absolute Gasteiger partial charge is 0.338 e. The third-order valence-corrected chi connectivity index (χ3v) is 8.65. The Morgan fingerprint density at radius 2 is 1.66 bits per heavy atom. The molecular formula is C26H24Cl2N2O5. The molecule has 5 rings (SSSR count). The summed E-state index contributed by atoms with van der Waals surface area (Å²) in [5.74, 6) is -3.02. The highest BCUT2D eigenvalue weighted by Gasteiger charge is 2.66. The van der Waals surface area contributed by atoms with Gasteiger partial charge in [-0.3, -0.25) is 19.3 Å². The van der Waals surface area contributed by atoms with Gasteiger partial charge in [0.2, 0.25) is 11.8 Å². The van der Waals surface area contributed by atoms with E-state index in [2.05, 4.69) is 5.32 Å². The molecule has 3 aliphatic rings. The molecule has 0 aromatic heterocycles. The molecule has 1 heterocycles. The molecule has 182 valence electrons. The maximum absolute atomic E-state index is 13.2. The normalized spacial score (nSPS) is 28.9. The molecule has 7 nitrogen and oxygen atoms in total. The lowest BCUT2D eigenvalue weighted by Crippen LogP contribution is -2.37. The van der Waals surface area contributed by atoms with E-state index in [1.165, 1.54) is 12.1 Å². The number of hydrogen-bond acceptors (Lipinski definition) is 5. The number of anilines is 2. The van der Waals surface area contributed by atoms with Crippen LogP contribution in [0.4, 0.5) is 11.4 Å². The molecule has 2 aromatic carbocycles. The van der Waals surface area contributed by atoms with E-state index in [1.54, 1.807) is 12.1 Å². The third-order valence-electron chi connectivity index (χ3n) is 7.33. The fourth-order valence-corrected chi connectivity index (χ4v) is 6.54. The number of hydrogen-bond donors (Lipinski definition) is 1. The Morgan fingerprint density at radius 3 is 2.31 bits per heavy atom. The van der Waals surface area contributed by atoms with E-state index in [0.717, 1.165) is 16.0 Å². The van der Waals surface area contributed by atoms with Crippen LogP contribution in [0, 0.1) is 37.5 Å². The molecule has 6 atom stereocenters. The van der Waals surface area contributed by atoms with Gasteiger partial charge in [0, 0.05) is 5.69 Å². The molecule has 3 fully saturated rings. The van der Waals surface area contributed by atoms with E-state index in [0.29, 0.717) is 17.8 Å². The number of carbonyl (C=O) groups excluding carboxylic acids is 4. The van der Waals surface area contributed by atoms with Crippen LogP contribution in [0.25, 0.3) is 0 Å². The lowest BCUT2D eigenvalue weighted by atomic mass is 9.80. The Bertz CT molecular complexity index is 1220. The van der Waals surface area contributed by atoms with Gasteiger partial charge < -0.3 is 10.1 Å². The van der Waals surface area contributed by atoms with Crippen LogP contribution in [-0.4, -0.2) is 41.1 Å². The summed E-state index contributed by atoms with van der Waals surface area (Å²) < 4.78 is 5.18. The SMILES string of the molecule is Cc1ccc(C)c(NC(=O)COC(=O)c2cccc(N3C(=O)[C@@H]4[C@H]5C[C@@H]([C@H](Cl)[C@H]5Cl)[C@H]4C3=O)c2)c1. The van der Waals surface area contributed by atoms with Gasteiger partial charge in [0.15, 0.2) is 6.61 Å². The first-order valence-corrected chi connectivity index (χ1v) is 12.3. The van der Waals surface area contributed by atoms with Crippen LogP contribution in [0.2, 0.25) is 0 Å². The molecule has 2 saturated carbocycles. The maximum Gasteiger partial charge on any atom is 0.338 e. The van der Waals surface area contributed by atoms with Gasteiger partial charge >= 0.3 is 5.97 Å². The molecule has 0 unspecified atom stereocenters. The number of aryl methyl sites for hydroxylation is 2. The van der Waals surface area contributed by atoms with Crippen LogP contribution in [0.5, 0.6) is 0 Å². The number of esters is 1. The molecule has 3 amide bonds. The number of imide groups is 1. The highest BCUT2D eigenvalue weighted by atomic mass is 35.5. The minimum Gasteiger partial charge on any atom is -0.452 e. The number of nitrogens with one attached hydrogen (secondary N) is 1. The summed E-state index contributed by atoms with van der Waals surface area (Å²) in [6.45, 7) is 3.31. The fourth-order valence-electron chi connectivity index (χ4n) is 5.65. The molecular weight excluding hydrogens is 491 g/mol. The summed E-state index contributed by atoms with van der Waals surface area (Å²) in [5, 5.41) is 2.06. The second kappa shape index (κ2) is 8.95. The molecule has 2 aromatic rings. The molecule has 2 aliphatic carbocycles. The Labute approximate surface area is 212 Å². The second-order valence-corrected chi connectivity index (χ2v) is 10.5. The predicted molar refractivity (Wildman–Crippen MR) is 132 cm³/mol. The van der Waals surface area contributed by atoms with Crippen molar-refractivity contribution in [3.8, 4) is 0 Å². The topological polar surface area (TPSA) is 92.8 Å². The number of ether oxygens (including phenoxy) is 1. The van der Waals surface area contributed by atoms with Gasteiger partial charge in [0.1, 0.15) is 0 Å². The van der Waals surface area contributed by atoms with Crippen molar-refractivity contribution in [1.29, 1.82) is 0 Å². The largest absolute Gasteiger partial charge is 0.452 e. The summed E-state index contributed by atoms with van der Waals surface area (Å²) in [5.41, 5.74) is 2.96. The van der Waals surface area contributed by atoms with Crippen molar-refractivity contribution in [2.45, 2.75) is 31.0 Å². The number of rotatable bonds is 5. The second-order valence-electron chi connectivity index (χ2n) is 9.51. The van der Waals surface area contributed by atoms with Crippen LogP contribution >= 0.6 is 23.2 Å². The molecule has 35 heavy (non-hydrogen) atoms. The predicted octanol–water partition coefficient (Wildman–Crippen LogP) is 4.07. The first-order valence-electron chi connectivity index (χ1n) is 11.5. The minimum absolute atomic E-state index is 0.126. The Morgan fingerprint density at radius 1 is 1.00 bits per heavy atom. The van der Waals surface area contributed by atoms with E-state index < -0.39 is 30.3 Å². The van der Waals surface area contributed by atoms with Gasteiger partial charge in [-0.15, -0.1) is 23.2 Å². The first-order chi connectivity index (χ1) is 16.7. The quantitative estimate of drug-likeness (QED) is 0.368. The average Bonchev–Trinajstić information content (AvgIpc) is 3.44. The summed E-state index contributed by atoms with van der Waals surface area (Å²) in [6, 6.07) is 11.8. The number of carbonyl (C=O) groups is 4. The minimum atomic E-state index is -0.732. The summed E-state index contributed by atoms with van der Waals surface area (Å²) in [6.07, 6.45) is 0.680. The average molecular weight is 515 g/mol. The molecule has 1 N–H and O–H groups in total. The van der Waals surface area contributed by atoms with Crippen LogP contribution in [0.15, 0.2) is 42.5 Å². The number of amides is 3. The number of nitrogens with zero attached hydrogens (tertiary/aromatic N) is 1. The number of benzene rings is 2. The Balaban J connectivity index is 1.27. The van der Waals surface area contributed by atoms with Crippen LogP contribution in [0.1, 0.15) is 27.9 Å². The van der Waals surface area contributed by atoms with Crippen LogP contribution in [-0.2, 0) is 19.1 Å². The van der Waals surface area contributed by atoms with Crippen molar-refractivity contribution < 1.29 is 23.9 Å². The van der Waals surface area contributed by atoms with E-state index in [9.17, 15) is 19.2 Å². The van der Waals surface area contributed by atoms with E-state index in [1.807, 2.05) is 32.0 Å². The fraction of sp³-hybridized carbons (Fsp3) is 0.385. The van der Waals surface area contributed by atoms with Crippen LogP contribution < -0.4 is 10.2 Å². The lowest BCUT2D eigenvalue weighted by Gasteiger charge is -2.28. The molecule has 0 radical (unpaired) electrons. The first kappa shape index (κ1) is 23.8. The monoisotopic (exact) mass is 514 g/mol. The Kier molecular flexibility index (Phi) is 6.09. The standard InChI is InChI=1S/C26H24Cl2N2O5/c1-12-6-7-13(2)18(8-12)29-19(31)11-35-26(34)14-4-3-5-15(9-14)30-24(32)20-16-10-17(21(20)25(30)33)23(28)22(16)27/h3-9,16-17,20-23H,10-11H2,1-2H3,(H,29,31)/t16-,17-,20-,21-,22+,23+/m1/s1. The highest BCUT2D eigenvalue weighted by Crippen LogP contribution is 2.59. The summed E-state index contributed by atoms with van der Waals surface area (Å²) >= 11 is 12.8. The molecule has 1 aliphatic heterocycles. The van der Waals surface area contributed by atoms with Crippen molar-refractivity contribution in [2.24, 2.45) is 23.7 Å². The number of halogens is 2. The van der Waals surface area contributed by atoms with Gasteiger partial charge in [-0.1, -0.05) is 18.2 Å². The maximum atomic E-state index is 13.2. The van der Waals surface area contributed by atoms with Gasteiger partial charge in [-0.25, -0.2) is 4.79 Å². The van der Waals surface area contributed by atoms with Crippen LogP contribution in [0.3, 0.4) is 0 Å². The van der Waals surface area contributed by atoms with Gasteiger partial charge in [0.05, 0.1) is 33.8 Å². The van der Waals surface area contributed by atoms with Crippen molar-refractivity contribution in [3.63, 3.8) is 0 Å². The zero-order valence-electron chi connectivity index (χ0n) is 19.2. The molecule has 9 heteroatoms. The Hall–Kier alpha value is -2.90. The zero-order chi connectivity index (χ0) is 25.0. The molecule has 2 bridgehead atoms. The highest BCUT2D eigenvalue weighted by molar-refractivity contribution is 6.32. The lowest BCUT2D eigenvalue weighted by molar-refractivity contribution is -0.123. The van der Waals surface area contributed by atoms with Crippen molar-refractivity contribution in [2.75, 3.05) is 16.8 Å². The summed E-state index contributed by atoms with van der Waals surface area (Å²) in [7, 11) is 0. The van der Waals surface area contributed by atoms with E-state index >= 15 is 0 Å². The third kappa shape index (κ3) is 4.00. The van der Waals surface area contributed by atoms with Crippen molar-refractivity contribution in [1.82, 2.24) is 0 Å².